The van der Waals surface area contributed by atoms with E-state index in [0.29, 0.717) is 0 Å². The monoisotopic (exact) mass is 431 g/mol. The zero-order valence-corrected chi connectivity index (χ0v) is 16.2. The lowest BCUT2D eigenvalue weighted by Gasteiger charge is -2.14. The lowest BCUT2D eigenvalue weighted by atomic mass is 10.2. The van der Waals surface area contributed by atoms with Crippen LogP contribution in [0.3, 0.4) is 0 Å². The van der Waals surface area contributed by atoms with Crippen molar-refractivity contribution in [1.82, 2.24) is 0 Å². The molecule has 0 fully saturated rings. The van der Waals surface area contributed by atoms with E-state index in [9.17, 15) is 22.8 Å². The largest absolute Gasteiger partial charge is 0.449 e. The lowest BCUT2D eigenvalue weighted by molar-refractivity contribution is -0.123. The molecule has 2 aromatic rings. The minimum absolute atomic E-state index is 0.127. The minimum atomic E-state index is -4.14. The van der Waals surface area contributed by atoms with Crippen LogP contribution in [0.15, 0.2) is 34.5 Å². The molecule has 1 aromatic carbocycles. The Kier molecular flexibility index (Phi) is 6.21. The van der Waals surface area contributed by atoms with Crippen LogP contribution in [-0.2, 0) is 19.6 Å². The average molecular weight is 432 g/mol. The first-order chi connectivity index (χ1) is 12.5. The number of nitrogens with one attached hydrogen (secondary N) is 1. The third-order valence-corrected chi connectivity index (χ3v) is 5.52. The Balaban J connectivity index is 2.12. The number of carbonyl (C=O) groups is 3. The van der Waals surface area contributed by atoms with Crippen molar-refractivity contribution in [3.05, 3.63) is 45.8 Å². The van der Waals surface area contributed by atoms with Gasteiger partial charge in [-0.2, -0.15) is 0 Å². The van der Waals surface area contributed by atoms with Gasteiger partial charge in [-0.3, -0.25) is 9.59 Å². The molecule has 0 bridgehead atoms. The first-order valence-corrected chi connectivity index (χ1v) is 10.0. The van der Waals surface area contributed by atoms with Crippen LogP contribution in [0.5, 0.6) is 0 Å². The van der Waals surface area contributed by atoms with Crippen molar-refractivity contribution in [2.75, 3.05) is 5.32 Å². The summed E-state index contributed by atoms with van der Waals surface area (Å²) in [6, 6.07) is 4.80. The van der Waals surface area contributed by atoms with Crippen LogP contribution in [0.1, 0.15) is 27.6 Å². The predicted octanol–water partition coefficient (Wildman–Crippen LogP) is 1.33. The summed E-state index contributed by atoms with van der Waals surface area (Å²) in [7, 11) is -4.14. The fraction of sp³-hybridized carbons (Fsp3) is 0.133. The van der Waals surface area contributed by atoms with E-state index in [1.807, 2.05) is 0 Å². The number of thiophene rings is 1. The molecule has 9 nitrogen and oxygen atoms in total. The van der Waals surface area contributed by atoms with Crippen molar-refractivity contribution in [2.45, 2.75) is 17.9 Å². The number of esters is 1. The molecule has 1 heterocycles. The molecule has 2 amide bonds. The smallest absolute Gasteiger partial charge is 0.338 e. The molecule has 1 aromatic heterocycles. The van der Waals surface area contributed by atoms with Crippen LogP contribution >= 0.6 is 22.9 Å². The summed E-state index contributed by atoms with van der Waals surface area (Å²) in [5, 5.41) is 9.09. The molecule has 0 aliphatic rings. The second-order valence-electron chi connectivity index (χ2n) is 5.25. The SMILES string of the molecule is CC(OC(=O)c1ccc(Cl)c(S(N)(=O)=O)c1)C(=O)Nc1sccc1C(N)=O. The third-order valence-electron chi connectivity index (χ3n) is 3.29. The van der Waals surface area contributed by atoms with Crippen LogP contribution in [0.2, 0.25) is 5.02 Å². The van der Waals surface area contributed by atoms with Crippen LogP contribution in [0, 0.1) is 0 Å². The molecule has 2 rings (SSSR count). The topological polar surface area (TPSA) is 159 Å². The van der Waals surface area contributed by atoms with Crippen LogP contribution in [0.4, 0.5) is 5.00 Å². The van der Waals surface area contributed by atoms with E-state index < -0.39 is 38.8 Å². The minimum Gasteiger partial charge on any atom is -0.449 e. The number of rotatable bonds is 6. The molecule has 1 atom stereocenters. The molecule has 144 valence electrons. The summed E-state index contributed by atoms with van der Waals surface area (Å²) < 4.78 is 27.9. The van der Waals surface area contributed by atoms with Gasteiger partial charge in [0.25, 0.3) is 11.8 Å². The van der Waals surface area contributed by atoms with Crippen molar-refractivity contribution in [2.24, 2.45) is 10.9 Å². The van der Waals surface area contributed by atoms with Crippen LogP contribution in [-0.4, -0.2) is 32.3 Å². The van der Waals surface area contributed by atoms with E-state index in [-0.39, 0.29) is 21.2 Å². The molecule has 12 heteroatoms. The highest BCUT2D eigenvalue weighted by atomic mass is 35.5. The highest BCUT2D eigenvalue weighted by Crippen LogP contribution is 2.24. The highest BCUT2D eigenvalue weighted by Gasteiger charge is 2.23. The third kappa shape index (κ3) is 5.04. The zero-order valence-electron chi connectivity index (χ0n) is 13.8. The first kappa shape index (κ1) is 20.8. The Hall–Kier alpha value is -2.47. The maximum atomic E-state index is 12.2. The van der Waals surface area contributed by atoms with Crippen molar-refractivity contribution in [1.29, 1.82) is 0 Å². The molecule has 1 unspecified atom stereocenters. The number of hydrogen-bond donors (Lipinski definition) is 3. The van der Waals surface area contributed by atoms with E-state index in [1.165, 1.54) is 25.1 Å². The molecule has 0 saturated carbocycles. The van der Waals surface area contributed by atoms with Gasteiger partial charge in [0.2, 0.25) is 10.0 Å². The van der Waals surface area contributed by atoms with E-state index >= 15 is 0 Å². The number of anilines is 1. The first-order valence-electron chi connectivity index (χ1n) is 7.22. The summed E-state index contributed by atoms with van der Waals surface area (Å²) >= 11 is 6.83. The molecule has 27 heavy (non-hydrogen) atoms. The van der Waals surface area contributed by atoms with E-state index in [4.69, 9.17) is 27.2 Å². The Labute approximate surface area is 163 Å². The molecular formula is C15H14ClN3O6S2. The lowest BCUT2D eigenvalue weighted by Crippen LogP contribution is -2.30. The maximum Gasteiger partial charge on any atom is 0.338 e. The van der Waals surface area contributed by atoms with Gasteiger partial charge in [-0.25, -0.2) is 18.4 Å². The van der Waals surface area contributed by atoms with Crippen molar-refractivity contribution in [3.8, 4) is 0 Å². The van der Waals surface area contributed by atoms with Crippen molar-refractivity contribution in [3.63, 3.8) is 0 Å². The van der Waals surface area contributed by atoms with Gasteiger partial charge in [-0.1, -0.05) is 11.6 Å². The summed E-state index contributed by atoms with van der Waals surface area (Å²) in [6.45, 7) is 1.31. The molecule has 5 N–H and O–H groups in total. The van der Waals surface area contributed by atoms with Crippen LogP contribution in [0.25, 0.3) is 0 Å². The Morgan fingerprint density at radius 2 is 1.93 bits per heavy atom. The number of sulfonamides is 1. The van der Waals surface area contributed by atoms with Crippen molar-refractivity contribution < 1.29 is 27.5 Å². The number of hydrogen-bond acceptors (Lipinski definition) is 7. The maximum absolute atomic E-state index is 12.2. The highest BCUT2D eigenvalue weighted by molar-refractivity contribution is 7.89. The van der Waals surface area contributed by atoms with Gasteiger partial charge >= 0.3 is 5.97 Å². The average Bonchev–Trinajstić information content (AvgIpc) is 3.02. The van der Waals surface area contributed by atoms with Gasteiger partial charge in [-0.15, -0.1) is 11.3 Å². The van der Waals surface area contributed by atoms with Gasteiger partial charge in [0, 0.05) is 0 Å². The predicted molar refractivity (Wildman–Crippen MR) is 99.2 cm³/mol. The summed E-state index contributed by atoms with van der Waals surface area (Å²) in [6.07, 6.45) is -1.24. The standard InChI is InChI=1S/C15H14ClN3O6S2/c1-7(13(21)19-14-9(12(17)20)4-5-26-14)25-15(22)8-2-3-10(16)11(6-8)27(18,23)24/h2-7H,1H3,(H2,17,20)(H,19,21)(H2,18,23,24). The molecule has 0 saturated heterocycles. The molecule has 0 aliphatic heterocycles. The number of nitrogens with two attached hydrogens (primary N) is 2. The molecule has 0 spiro atoms. The fourth-order valence-corrected chi connectivity index (χ4v) is 3.81. The molecular weight excluding hydrogens is 418 g/mol. The van der Waals surface area contributed by atoms with Crippen LogP contribution < -0.4 is 16.2 Å². The second-order valence-corrected chi connectivity index (χ2v) is 8.11. The normalized spacial score (nSPS) is 12.3. The summed E-state index contributed by atoms with van der Waals surface area (Å²) in [4.78, 5) is 35.2. The van der Waals surface area contributed by atoms with E-state index in [2.05, 4.69) is 5.32 Å². The fourth-order valence-electron chi connectivity index (χ4n) is 1.94. The number of amides is 2. The molecule has 0 aliphatic carbocycles. The second kappa shape index (κ2) is 8.05. The summed E-state index contributed by atoms with van der Waals surface area (Å²) in [5.74, 6) is -2.37. The van der Waals surface area contributed by atoms with E-state index in [1.54, 1.807) is 5.38 Å². The number of primary amides is 1. The Morgan fingerprint density at radius 1 is 1.26 bits per heavy atom. The number of ether oxygens (including phenoxy) is 1. The van der Waals surface area contributed by atoms with E-state index in [0.717, 1.165) is 17.4 Å². The zero-order chi connectivity index (χ0) is 20.4. The summed E-state index contributed by atoms with van der Waals surface area (Å²) in [5.41, 5.74) is 5.16. The van der Waals surface area contributed by atoms with Crippen molar-refractivity contribution >= 4 is 55.7 Å². The number of primary sulfonamides is 1. The van der Waals surface area contributed by atoms with Gasteiger partial charge in [-0.05, 0) is 36.6 Å². The van der Waals surface area contributed by atoms with Gasteiger partial charge in [0.15, 0.2) is 6.10 Å². The number of benzene rings is 1. The van der Waals surface area contributed by atoms with Gasteiger partial charge in [0.1, 0.15) is 9.90 Å². The van der Waals surface area contributed by atoms with Gasteiger partial charge < -0.3 is 15.8 Å². The number of carbonyl (C=O) groups excluding carboxylic acids is 3. The number of halogens is 1. The Bertz CT molecular complexity index is 1020. The quantitative estimate of drug-likeness (QED) is 0.585. The van der Waals surface area contributed by atoms with Gasteiger partial charge in [0.05, 0.1) is 16.1 Å². The molecule has 0 radical (unpaired) electrons. The Morgan fingerprint density at radius 3 is 2.52 bits per heavy atom.